The van der Waals surface area contributed by atoms with E-state index in [2.05, 4.69) is 23.5 Å². The van der Waals surface area contributed by atoms with Crippen LogP contribution in [0, 0.1) is 13.8 Å². The summed E-state index contributed by atoms with van der Waals surface area (Å²) in [6, 6.07) is 30.2. The molecular formula is C41H40N2O9S2. The van der Waals surface area contributed by atoms with Gasteiger partial charge in [0.2, 0.25) is 0 Å². The van der Waals surface area contributed by atoms with Crippen molar-refractivity contribution in [2.45, 2.75) is 55.8 Å². The molecule has 1 N–H and O–H groups in total. The molecule has 2 aliphatic heterocycles. The molecule has 0 unspecified atom stereocenters. The van der Waals surface area contributed by atoms with Gasteiger partial charge < -0.3 is 28.1 Å². The lowest BCUT2D eigenvalue weighted by Gasteiger charge is -2.31. The number of carbonyl (C=O) groups excluding carboxylic acids is 1. The predicted octanol–water partition coefficient (Wildman–Crippen LogP) is 6.10. The van der Waals surface area contributed by atoms with Crippen LogP contribution in [0.1, 0.15) is 43.7 Å². The number of carbonyl (C=O) groups is 1. The van der Waals surface area contributed by atoms with Gasteiger partial charge in [0.15, 0.2) is 5.75 Å². The van der Waals surface area contributed by atoms with Crippen LogP contribution in [0.4, 0.5) is 0 Å². The monoisotopic (exact) mass is 768 g/mol. The van der Waals surface area contributed by atoms with E-state index < -0.39 is 31.9 Å². The minimum absolute atomic E-state index is 0.0231. The molecule has 0 saturated carbocycles. The average Bonchev–Trinajstić information content (AvgIpc) is 3.13. The van der Waals surface area contributed by atoms with Gasteiger partial charge in [-0.2, -0.15) is 16.8 Å². The van der Waals surface area contributed by atoms with Crippen molar-refractivity contribution in [1.82, 2.24) is 10.2 Å². The third-order valence-electron chi connectivity index (χ3n) is 9.32. The molecule has 0 bridgehead atoms. The van der Waals surface area contributed by atoms with Crippen molar-refractivity contribution in [2.24, 2.45) is 0 Å². The van der Waals surface area contributed by atoms with Crippen molar-refractivity contribution in [3.8, 4) is 17.2 Å². The zero-order valence-corrected chi connectivity index (χ0v) is 31.5. The van der Waals surface area contributed by atoms with Gasteiger partial charge in [-0.05, 0) is 66.8 Å². The van der Waals surface area contributed by atoms with Crippen LogP contribution >= 0.6 is 0 Å². The molecule has 1 saturated heterocycles. The molecular weight excluding hydrogens is 729 g/mol. The number of rotatable bonds is 13. The highest BCUT2D eigenvalue weighted by Crippen LogP contribution is 2.39. The Kier molecular flexibility index (Phi) is 10.8. The van der Waals surface area contributed by atoms with E-state index in [1.165, 1.54) is 30.3 Å². The third-order valence-corrected chi connectivity index (χ3v) is 11.8. The first-order chi connectivity index (χ1) is 25.9. The first-order valence-electron chi connectivity index (χ1n) is 17.5. The van der Waals surface area contributed by atoms with Gasteiger partial charge in [-0.1, -0.05) is 83.9 Å². The van der Waals surface area contributed by atoms with E-state index in [4.69, 9.17) is 17.8 Å². The summed E-state index contributed by atoms with van der Waals surface area (Å²) in [6.07, 6.45) is 0.569. The van der Waals surface area contributed by atoms with E-state index in [1.54, 1.807) is 29.2 Å². The largest absolute Gasteiger partial charge is 0.488 e. The van der Waals surface area contributed by atoms with Gasteiger partial charge in [-0.15, -0.1) is 0 Å². The predicted molar refractivity (Wildman–Crippen MR) is 202 cm³/mol. The Labute approximate surface area is 315 Å². The molecule has 0 aromatic heterocycles. The standard InChI is InChI=1S/C41H40N2O9S2/c1-28-8-14-36(15-9-28)53(45,46)51-35-21-38(50-25-30-6-4-3-5-7-30)40(39(22-35)52-54(47,48)37-16-10-29(2)11-17-37)41(44)43-19-18-32-13-12-31(20-33(32)24-43)23-42-34-26-49-27-34/h3-17,20-22,34,42H,18-19,23-27H2,1-2H3. The van der Waals surface area contributed by atoms with Crippen LogP contribution in [0.5, 0.6) is 17.2 Å². The van der Waals surface area contributed by atoms with E-state index in [0.717, 1.165) is 39.4 Å². The van der Waals surface area contributed by atoms with Gasteiger partial charge in [0.1, 0.15) is 33.5 Å². The quantitative estimate of drug-likeness (QED) is 0.140. The Bertz CT molecular complexity index is 2360. The second kappa shape index (κ2) is 15.6. The molecule has 0 radical (unpaired) electrons. The van der Waals surface area contributed by atoms with Crippen molar-refractivity contribution in [1.29, 1.82) is 0 Å². The van der Waals surface area contributed by atoms with Gasteiger partial charge >= 0.3 is 20.2 Å². The molecule has 5 aromatic carbocycles. The molecule has 1 fully saturated rings. The van der Waals surface area contributed by atoms with Crippen molar-refractivity contribution >= 4 is 26.1 Å². The zero-order chi connectivity index (χ0) is 37.9. The number of benzene rings is 5. The molecule has 11 nitrogen and oxygen atoms in total. The Morgan fingerprint density at radius 1 is 0.741 bits per heavy atom. The third kappa shape index (κ3) is 8.60. The molecule has 0 spiro atoms. The maximum absolute atomic E-state index is 14.7. The number of hydrogen-bond acceptors (Lipinski definition) is 10. The molecule has 0 aliphatic carbocycles. The highest BCUT2D eigenvalue weighted by molar-refractivity contribution is 7.87. The van der Waals surface area contributed by atoms with Crippen molar-refractivity contribution in [3.63, 3.8) is 0 Å². The van der Waals surface area contributed by atoms with E-state index in [1.807, 2.05) is 44.2 Å². The normalized spacial score (nSPS) is 14.5. The molecule has 280 valence electrons. The van der Waals surface area contributed by atoms with Gasteiger partial charge in [0, 0.05) is 31.8 Å². The average molecular weight is 769 g/mol. The van der Waals surface area contributed by atoms with Gasteiger partial charge in [-0.25, -0.2) is 0 Å². The Morgan fingerprint density at radius 2 is 1.37 bits per heavy atom. The Hall–Kier alpha value is -5.21. The highest BCUT2D eigenvalue weighted by Gasteiger charge is 2.32. The smallest absolute Gasteiger partial charge is 0.339 e. The summed E-state index contributed by atoms with van der Waals surface area (Å²) < 4.78 is 77.3. The molecule has 0 atom stereocenters. The van der Waals surface area contributed by atoms with Crippen LogP contribution in [-0.4, -0.2) is 53.4 Å². The second-order valence-electron chi connectivity index (χ2n) is 13.5. The number of hydrogen-bond donors (Lipinski definition) is 1. The van der Waals surface area contributed by atoms with E-state index in [9.17, 15) is 21.6 Å². The van der Waals surface area contributed by atoms with E-state index >= 15 is 0 Å². The minimum atomic E-state index is -4.53. The number of nitrogens with zero attached hydrogens (tertiary/aromatic N) is 1. The molecule has 2 heterocycles. The topological polar surface area (TPSA) is 138 Å². The molecule has 2 aliphatic rings. The van der Waals surface area contributed by atoms with Crippen LogP contribution in [-0.2, 0) is 51.1 Å². The zero-order valence-electron chi connectivity index (χ0n) is 29.9. The molecule has 13 heteroatoms. The lowest BCUT2D eigenvalue weighted by molar-refractivity contribution is -0.00579. The van der Waals surface area contributed by atoms with Crippen molar-refractivity contribution in [3.05, 3.63) is 148 Å². The molecule has 54 heavy (non-hydrogen) atoms. The van der Waals surface area contributed by atoms with Crippen LogP contribution in [0.3, 0.4) is 0 Å². The number of fused-ring (bicyclic) bond motifs is 1. The maximum Gasteiger partial charge on any atom is 0.339 e. The molecule has 7 rings (SSSR count). The lowest BCUT2D eigenvalue weighted by Crippen LogP contribution is -2.45. The van der Waals surface area contributed by atoms with Gasteiger partial charge in [0.25, 0.3) is 5.91 Å². The minimum Gasteiger partial charge on any atom is -0.488 e. The number of ether oxygens (including phenoxy) is 2. The van der Waals surface area contributed by atoms with Crippen LogP contribution in [0.15, 0.2) is 119 Å². The summed E-state index contributed by atoms with van der Waals surface area (Å²) in [5.74, 6) is -1.41. The van der Waals surface area contributed by atoms with Gasteiger partial charge in [0.05, 0.1) is 19.3 Å². The first-order valence-corrected chi connectivity index (χ1v) is 20.3. The fourth-order valence-electron chi connectivity index (χ4n) is 6.16. The van der Waals surface area contributed by atoms with Crippen molar-refractivity contribution < 1.29 is 39.5 Å². The van der Waals surface area contributed by atoms with Crippen LogP contribution < -0.4 is 18.4 Å². The summed E-state index contributed by atoms with van der Waals surface area (Å²) in [4.78, 5) is 16.1. The maximum atomic E-state index is 14.7. The summed E-state index contributed by atoms with van der Waals surface area (Å²) in [6.45, 7) is 6.20. The Morgan fingerprint density at radius 3 is 2.00 bits per heavy atom. The summed E-state index contributed by atoms with van der Waals surface area (Å²) >= 11 is 0. The van der Waals surface area contributed by atoms with E-state index in [0.29, 0.717) is 38.8 Å². The molecule has 5 aromatic rings. The summed E-state index contributed by atoms with van der Waals surface area (Å²) in [5.41, 5.74) is 5.38. The van der Waals surface area contributed by atoms with Crippen LogP contribution in [0.2, 0.25) is 0 Å². The second-order valence-corrected chi connectivity index (χ2v) is 16.6. The Balaban J connectivity index is 1.29. The lowest BCUT2D eigenvalue weighted by atomic mass is 9.96. The fraction of sp³-hybridized carbons (Fsp3) is 0.244. The van der Waals surface area contributed by atoms with E-state index in [-0.39, 0.29) is 40.0 Å². The van der Waals surface area contributed by atoms with Crippen molar-refractivity contribution in [2.75, 3.05) is 19.8 Å². The number of aryl methyl sites for hydroxylation is 2. The summed E-state index contributed by atoms with van der Waals surface area (Å²) in [5, 5.41) is 3.47. The van der Waals surface area contributed by atoms with Crippen LogP contribution in [0.25, 0.3) is 0 Å². The fourth-order valence-corrected chi connectivity index (χ4v) is 8.01. The highest BCUT2D eigenvalue weighted by atomic mass is 32.2. The number of nitrogens with one attached hydrogen (secondary N) is 1. The SMILES string of the molecule is Cc1ccc(S(=O)(=O)Oc2cc(OCc3ccccc3)c(C(=O)N3CCc4ccc(CNC5COC5)cc4C3)c(OS(=O)(=O)c3ccc(C)cc3)c2)cc1. The van der Waals surface area contributed by atoms with Gasteiger partial charge in [-0.3, -0.25) is 4.79 Å². The number of amides is 1. The summed E-state index contributed by atoms with van der Waals surface area (Å²) in [7, 11) is -8.93. The molecule has 1 amide bonds. The first kappa shape index (κ1) is 37.1.